The lowest BCUT2D eigenvalue weighted by Crippen LogP contribution is -2.45. The SMILES string of the molecule is O=C(Cn1ccnc1)N[C@@H](COCc1ccccc1)C(=O)Cc1ccc(Oc2ccc(F)cc2)cc1. The van der Waals surface area contributed by atoms with E-state index in [0.717, 1.165) is 11.1 Å². The number of benzene rings is 3. The summed E-state index contributed by atoms with van der Waals surface area (Å²) in [4.78, 5) is 29.6. The van der Waals surface area contributed by atoms with Crippen molar-refractivity contribution in [3.63, 3.8) is 0 Å². The third kappa shape index (κ3) is 7.61. The molecule has 1 aromatic heterocycles. The largest absolute Gasteiger partial charge is 0.457 e. The maximum Gasteiger partial charge on any atom is 0.240 e. The molecule has 8 heteroatoms. The van der Waals surface area contributed by atoms with Crippen molar-refractivity contribution in [1.82, 2.24) is 14.9 Å². The van der Waals surface area contributed by atoms with Crippen LogP contribution in [0, 0.1) is 5.82 Å². The van der Waals surface area contributed by atoms with Crippen LogP contribution in [0.1, 0.15) is 11.1 Å². The molecule has 0 saturated carbocycles. The molecule has 0 unspecified atom stereocenters. The van der Waals surface area contributed by atoms with Crippen LogP contribution in [0.3, 0.4) is 0 Å². The molecule has 4 rings (SSSR count). The van der Waals surface area contributed by atoms with Crippen molar-refractivity contribution in [2.24, 2.45) is 0 Å². The van der Waals surface area contributed by atoms with Crippen molar-refractivity contribution >= 4 is 11.7 Å². The van der Waals surface area contributed by atoms with Crippen molar-refractivity contribution in [2.45, 2.75) is 25.6 Å². The van der Waals surface area contributed by atoms with Gasteiger partial charge in [-0.3, -0.25) is 9.59 Å². The summed E-state index contributed by atoms with van der Waals surface area (Å²) in [5.41, 5.74) is 1.74. The second-order valence-electron chi connectivity index (χ2n) is 8.20. The number of hydrogen-bond acceptors (Lipinski definition) is 5. The lowest BCUT2D eigenvalue weighted by molar-refractivity contribution is -0.129. The highest BCUT2D eigenvalue weighted by molar-refractivity contribution is 5.90. The van der Waals surface area contributed by atoms with Gasteiger partial charge in [-0.1, -0.05) is 42.5 Å². The van der Waals surface area contributed by atoms with Crippen LogP contribution >= 0.6 is 0 Å². The molecular formula is C28H26FN3O4. The molecule has 0 radical (unpaired) electrons. The number of amides is 1. The van der Waals surface area contributed by atoms with Gasteiger partial charge in [-0.15, -0.1) is 0 Å². The first-order chi connectivity index (χ1) is 17.5. The van der Waals surface area contributed by atoms with Crippen LogP contribution in [0.4, 0.5) is 4.39 Å². The summed E-state index contributed by atoms with van der Waals surface area (Å²) in [7, 11) is 0. The van der Waals surface area contributed by atoms with Gasteiger partial charge in [0.1, 0.15) is 29.9 Å². The predicted molar refractivity (Wildman–Crippen MR) is 132 cm³/mol. The molecule has 1 atom stereocenters. The van der Waals surface area contributed by atoms with Gasteiger partial charge >= 0.3 is 0 Å². The highest BCUT2D eigenvalue weighted by Crippen LogP contribution is 2.22. The number of ketones is 1. The zero-order valence-electron chi connectivity index (χ0n) is 19.5. The first-order valence-corrected chi connectivity index (χ1v) is 11.5. The maximum absolute atomic E-state index is 13.1. The van der Waals surface area contributed by atoms with Gasteiger partial charge in [0.2, 0.25) is 5.91 Å². The lowest BCUT2D eigenvalue weighted by Gasteiger charge is -2.18. The average Bonchev–Trinajstić information content (AvgIpc) is 3.39. The van der Waals surface area contributed by atoms with Crippen molar-refractivity contribution in [2.75, 3.05) is 6.61 Å². The Balaban J connectivity index is 1.36. The quantitative estimate of drug-likeness (QED) is 0.322. The number of carbonyl (C=O) groups is 2. The molecule has 36 heavy (non-hydrogen) atoms. The minimum Gasteiger partial charge on any atom is -0.457 e. The van der Waals surface area contributed by atoms with Crippen molar-refractivity contribution < 1.29 is 23.5 Å². The fourth-order valence-electron chi connectivity index (χ4n) is 3.51. The number of imidazole rings is 1. The van der Waals surface area contributed by atoms with Crippen molar-refractivity contribution in [3.8, 4) is 11.5 Å². The molecule has 7 nitrogen and oxygen atoms in total. The lowest BCUT2D eigenvalue weighted by atomic mass is 10.0. The van der Waals surface area contributed by atoms with E-state index in [-0.39, 0.29) is 37.1 Å². The molecule has 0 aliphatic heterocycles. The molecule has 0 fully saturated rings. The third-order valence-corrected chi connectivity index (χ3v) is 5.36. The summed E-state index contributed by atoms with van der Waals surface area (Å²) in [5.74, 6) is 0.258. The summed E-state index contributed by atoms with van der Waals surface area (Å²) < 4.78 is 26.2. The number of ether oxygens (including phenoxy) is 2. The first kappa shape index (κ1) is 24.8. The van der Waals surface area contributed by atoms with Gasteiger partial charge in [-0.05, 0) is 47.5 Å². The van der Waals surface area contributed by atoms with Crippen molar-refractivity contribution in [3.05, 3.63) is 115 Å². The Morgan fingerprint density at radius 3 is 2.28 bits per heavy atom. The van der Waals surface area contributed by atoms with Crippen LogP contribution in [-0.2, 0) is 33.9 Å². The number of hydrogen-bond donors (Lipinski definition) is 1. The number of carbonyl (C=O) groups excluding carboxylic acids is 2. The Bertz CT molecular complexity index is 1240. The highest BCUT2D eigenvalue weighted by atomic mass is 19.1. The Hall–Kier alpha value is -4.30. The molecule has 0 spiro atoms. The molecule has 0 bridgehead atoms. The molecule has 4 aromatic rings. The molecule has 1 heterocycles. The van der Waals surface area contributed by atoms with Gasteiger partial charge in [0.25, 0.3) is 0 Å². The van der Waals surface area contributed by atoms with E-state index in [1.807, 2.05) is 30.3 Å². The van der Waals surface area contributed by atoms with Crippen molar-refractivity contribution in [1.29, 1.82) is 0 Å². The van der Waals surface area contributed by atoms with Gasteiger partial charge in [-0.2, -0.15) is 0 Å². The summed E-state index contributed by atoms with van der Waals surface area (Å²) in [6.07, 6.45) is 4.92. The van der Waals surface area contributed by atoms with Crippen LogP contribution < -0.4 is 10.1 Å². The van der Waals surface area contributed by atoms with Gasteiger partial charge < -0.3 is 19.4 Å². The van der Waals surface area contributed by atoms with E-state index in [1.54, 1.807) is 53.4 Å². The standard InChI is InChI=1S/C28H26FN3O4/c29-23-8-12-25(13-9-23)36-24-10-6-21(7-11-24)16-27(33)26(19-35-18-22-4-2-1-3-5-22)31-28(34)17-32-15-14-30-20-32/h1-15,20,26H,16-19H2,(H,31,34)/t26-/m0/s1. The van der Waals surface area contributed by atoms with Crippen LogP contribution in [-0.4, -0.2) is 33.9 Å². The fourth-order valence-corrected chi connectivity index (χ4v) is 3.51. The second kappa shape index (κ2) is 12.4. The summed E-state index contributed by atoms with van der Waals surface area (Å²) >= 11 is 0. The van der Waals surface area contributed by atoms with Crippen LogP contribution in [0.5, 0.6) is 11.5 Å². The monoisotopic (exact) mass is 487 g/mol. The van der Waals surface area contributed by atoms with Gasteiger partial charge in [0, 0.05) is 18.8 Å². The summed E-state index contributed by atoms with van der Waals surface area (Å²) in [6.45, 7) is 0.435. The van der Waals surface area contributed by atoms with Gasteiger partial charge in [0.05, 0.1) is 19.5 Å². The van der Waals surface area contributed by atoms with Crippen LogP contribution in [0.25, 0.3) is 0 Å². The Morgan fingerprint density at radius 2 is 1.61 bits per heavy atom. The molecule has 0 aliphatic rings. The van der Waals surface area contributed by atoms with Gasteiger partial charge in [0.15, 0.2) is 5.78 Å². The maximum atomic E-state index is 13.1. The summed E-state index contributed by atoms with van der Waals surface area (Å²) in [6, 6.07) is 21.6. The van der Waals surface area contributed by atoms with E-state index in [0.29, 0.717) is 18.1 Å². The first-order valence-electron chi connectivity index (χ1n) is 11.5. The third-order valence-electron chi connectivity index (χ3n) is 5.36. The number of halogens is 1. The van der Waals surface area contributed by atoms with E-state index in [9.17, 15) is 14.0 Å². The number of nitrogens with one attached hydrogen (secondary N) is 1. The van der Waals surface area contributed by atoms with E-state index in [4.69, 9.17) is 9.47 Å². The predicted octanol–water partition coefficient (Wildman–Crippen LogP) is 4.33. The summed E-state index contributed by atoms with van der Waals surface area (Å²) in [5, 5.41) is 2.79. The molecule has 0 saturated heterocycles. The minimum absolute atomic E-state index is 0.0508. The van der Waals surface area contributed by atoms with E-state index in [1.165, 1.54) is 18.5 Å². The zero-order chi connectivity index (χ0) is 25.2. The van der Waals surface area contributed by atoms with E-state index < -0.39 is 6.04 Å². The van der Waals surface area contributed by atoms with E-state index in [2.05, 4.69) is 10.3 Å². The topological polar surface area (TPSA) is 82.5 Å². The molecule has 3 aromatic carbocycles. The number of rotatable bonds is 12. The highest BCUT2D eigenvalue weighted by Gasteiger charge is 2.21. The molecule has 1 amide bonds. The average molecular weight is 488 g/mol. The Morgan fingerprint density at radius 1 is 0.917 bits per heavy atom. The van der Waals surface area contributed by atoms with Crippen LogP contribution in [0.15, 0.2) is 97.6 Å². The molecule has 184 valence electrons. The second-order valence-corrected chi connectivity index (χ2v) is 8.20. The smallest absolute Gasteiger partial charge is 0.240 e. The Labute approximate surface area is 208 Å². The number of Topliss-reactive ketones (excluding diaryl/α,β-unsaturated/α-hetero) is 1. The van der Waals surface area contributed by atoms with Crippen LogP contribution in [0.2, 0.25) is 0 Å². The Kier molecular flexibility index (Phi) is 8.56. The fraction of sp³-hybridized carbons (Fsp3) is 0.179. The number of aromatic nitrogens is 2. The number of nitrogens with zero attached hydrogens (tertiary/aromatic N) is 2. The molecule has 0 aliphatic carbocycles. The van der Waals surface area contributed by atoms with E-state index >= 15 is 0 Å². The molecular weight excluding hydrogens is 461 g/mol. The van der Waals surface area contributed by atoms with Gasteiger partial charge in [-0.25, -0.2) is 9.37 Å². The minimum atomic E-state index is -0.806. The molecule has 1 N–H and O–H groups in total. The normalized spacial score (nSPS) is 11.6. The zero-order valence-corrected chi connectivity index (χ0v) is 19.5.